The Morgan fingerprint density at radius 3 is 2.29 bits per heavy atom. The summed E-state index contributed by atoms with van der Waals surface area (Å²) in [4.78, 5) is 0. The minimum atomic E-state index is 0. The van der Waals surface area contributed by atoms with Gasteiger partial charge in [0.15, 0.2) is 0 Å². The number of aryl methyl sites for hydroxylation is 1. The molecule has 0 aromatic heterocycles. The maximum Gasteiger partial charge on any atom is 0.0326 e. The predicted molar refractivity (Wildman–Crippen MR) is 76.5 cm³/mol. The third-order valence-electron chi connectivity index (χ3n) is 4.12. The van der Waals surface area contributed by atoms with Gasteiger partial charge in [0, 0.05) is 6.04 Å². The quantitative estimate of drug-likeness (QED) is 0.838. The summed E-state index contributed by atoms with van der Waals surface area (Å²) < 4.78 is 0. The van der Waals surface area contributed by atoms with E-state index >= 15 is 0 Å². The van der Waals surface area contributed by atoms with Crippen LogP contribution in [-0.2, 0) is 0 Å². The zero-order valence-corrected chi connectivity index (χ0v) is 11.7. The fraction of sp³-hybridized carbons (Fsp3) is 0.600. The molecule has 17 heavy (non-hydrogen) atoms. The molecule has 1 fully saturated rings. The molecule has 1 aliphatic carbocycles. The van der Waals surface area contributed by atoms with Gasteiger partial charge in [-0.25, -0.2) is 0 Å². The lowest BCUT2D eigenvalue weighted by Crippen LogP contribution is -2.26. The molecule has 2 heteroatoms. The van der Waals surface area contributed by atoms with Gasteiger partial charge in [0.05, 0.1) is 0 Å². The van der Waals surface area contributed by atoms with Crippen LogP contribution < -0.4 is 5.73 Å². The molecule has 0 spiro atoms. The Bertz CT molecular complexity index is 343. The zero-order chi connectivity index (χ0) is 11.5. The molecule has 2 N–H and O–H groups in total. The summed E-state index contributed by atoms with van der Waals surface area (Å²) in [5, 5.41) is 0. The van der Waals surface area contributed by atoms with Gasteiger partial charge in [-0.1, -0.05) is 44.0 Å². The minimum absolute atomic E-state index is 0. The molecule has 0 saturated heterocycles. The van der Waals surface area contributed by atoms with Crippen molar-refractivity contribution in [1.82, 2.24) is 0 Å². The fourth-order valence-corrected chi connectivity index (χ4v) is 2.86. The van der Waals surface area contributed by atoms with Crippen molar-refractivity contribution in [2.45, 2.75) is 45.6 Å². The van der Waals surface area contributed by atoms with Gasteiger partial charge in [-0.3, -0.25) is 0 Å². The van der Waals surface area contributed by atoms with E-state index < -0.39 is 0 Å². The lowest BCUT2D eigenvalue weighted by molar-refractivity contribution is 0.256. The van der Waals surface area contributed by atoms with E-state index in [0.717, 1.165) is 5.92 Å². The Labute approximate surface area is 111 Å². The first kappa shape index (κ1) is 14.5. The molecule has 0 aliphatic heterocycles. The van der Waals surface area contributed by atoms with Gasteiger partial charge < -0.3 is 5.73 Å². The third-order valence-corrected chi connectivity index (χ3v) is 4.12. The Hall–Kier alpha value is -0.530. The van der Waals surface area contributed by atoms with E-state index in [0.29, 0.717) is 5.92 Å². The monoisotopic (exact) mass is 253 g/mol. The maximum absolute atomic E-state index is 6.42. The zero-order valence-electron chi connectivity index (χ0n) is 10.9. The van der Waals surface area contributed by atoms with Gasteiger partial charge >= 0.3 is 0 Å². The highest BCUT2D eigenvalue weighted by molar-refractivity contribution is 5.85. The third kappa shape index (κ3) is 3.46. The van der Waals surface area contributed by atoms with Gasteiger partial charge in [-0.2, -0.15) is 0 Å². The van der Waals surface area contributed by atoms with Crippen LogP contribution in [0.2, 0.25) is 0 Å². The first-order valence-corrected chi connectivity index (χ1v) is 6.49. The Morgan fingerprint density at radius 1 is 1.12 bits per heavy atom. The second kappa shape index (κ2) is 6.42. The van der Waals surface area contributed by atoms with Crippen molar-refractivity contribution >= 4 is 12.4 Å². The normalized spacial score (nSPS) is 26.1. The molecular formula is C15H24ClN. The largest absolute Gasteiger partial charge is 0.324 e. The Morgan fingerprint density at radius 2 is 1.71 bits per heavy atom. The maximum atomic E-state index is 6.42. The van der Waals surface area contributed by atoms with Crippen molar-refractivity contribution in [3.63, 3.8) is 0 Å². The summed E-state index contributed by atoms with van der Waals surface area (Å²) in [6.07, 6.45) is 5.31. The summed E-state index contributed by atoms with van der Waals surface area (Å²) >= 11 is 0. The number of hydrogen-bond acceptors (Lipinski definition) is 1. The molecule has 0 amide bonds. The molecule has 1 aromatic rings. The van der Waals surface area contributed by atoms with Crippen LogP contribution in [0.3, 0.4) is 0 Å². The van der Waals surface area contributed by atoms with E-state index in [2.05, 4.69) is 38.1 Å². The second-order valence-electron chi connectivity index (χ2n) is 5.40. The molecule has 0 heterocycles. The van der Waals surface area contributed by atoms with Crippen molar-refractivity contribution in [2.24, 2.45) is 17.6 Å². The van der Waals surface area contributed by atoms with Crippen LogP contribution in [0.4, 0.5) is 0 Å². The van der Waals surface area contributed by atoms with Crippen LogP contribution in [-0.4, -0.2) is 0 Å². The molecule has 1 unspecified atom stereocenters. The van der Waals surface area contributed by atoms with E-state index in [1.54, 1.807) is 0 Å². The lowest BCUT2D eigenvalue weighted by atomic mass is 9.77. The summed E-state index contributed by atoms with van der Waals surface area (Å²) in [5.74, 6) is 1.60. The first-order valence-electron chi connectivity index (χ1n) is 6.49. The Balaban J connectivity index is 0.00000144. The molecule has 1 saturated carbocycles. The predicted octanol–water partition coefficient (Wildman–Crippen LogP) is 4.24. The summed E-state index contributed by atoms with van der Waals surface area (Å²) in [7, 11) is 0. The SMILES string of the molecule is Cc1ccccc1C(N)C1CCC(C)CC1.Cl. The number of rotatable bonds is 2. The van der Waals surface area contributed by atoms with Crippen molar-refractivity contribution in [3.05, 3.63) is 35.4 Å². The molecule has 1 aromatic carbocycles. The van der Waals surface area contributed by atoms with Gasteiger partial charge in [0.2, 0.25) is 0 Å². The highest BCUT2D eigenvalue weighted by atomic mass is 35.5. The summed E-state index contributed by atoms with van der Waals surface area (Å²) in [5.41, 5.74) is 9.11. The topological polar surface area (TPSA) is 26.0 Å². The van der Waals surface area contributed by atoms with E-state index in [1.807, 2.05) is 0 Å². The summed E-state index contributed by atoms with van der Waals surface area (Å²) in [6, 6.07) is 8.80. The lowest BCUT2D eigenvalue weighted by Gasteiger charge is -2.31. The second-order valence-corrected chi connectivity index (χ2v) is 5.40. The van der Waals surface area contributed by atoms with Gasteiger partial charge in [0.1, 0.15) is 0 Å². The van der Waals surface area contributed by atoms with E-state index in [9.17, 15) is 0 Å². The molecule has 1 nitrogen and oxygen atoms in total. The number of halogens is 1. The number of nitrogens with two attached hydrogens (primary N) is 1. The van der Waals surface area contributed by atoms with Crippen LogP contribution >= 0.6 is 12.4 Å². The van der Waals surface area contributed by atoms with Crippen molar-refractivity contribution < 1.29 is 0 Å². The molecule has 1 atom stereocenters. The molecule has 0 bridgehead atoms. The number of hydrogen-bond donors (Lipinski definition) is 1. The van der Waals surface area contributed by atoms with Gasteiger partial charge in [-0.05, 0) is 42.7 Å². The average molecular weight is 254 g/mol. The van der Waals surface area contributed by atoms with Crippen LogP contribution in [0.25, 0.3) is 0 Å². The fourth-order valence-electron chi connectivity index (χ4n) is 2.86. The Kier molecular flexibility index (Phi) is 5.48. The standard InChI is InChI=1S/C15H23N.ClH/c1-11-7-9-13(10-8-11)15(16)14-6-4-3-5-12(14)2;/h3-6,11,13,15H,7-10,16H2,1-2H3;1H. The van der Waals surface area contributed by atoms with Gasteiger partial charge in [0.25, 0.3) is 0 Å². The minimum Gasteiger partial charge on any atom is -0.324 e. The van der Waals surface area contributed by atoms with Crippen LogP contribution in [0.5, 0.6) is 0 Å². The van der Waals surface area contributed by atoms with Crippen molar-refractivity contribution in [3.8, 4) is 0 Å². The number of benzene rings is 1. The summed E-state index contributed by atoms with van der Waals surface area (Å²) in [6.45, 7) is 4.52. The van der Waals surface area contributed by atoms with Crippen LogP contribution in [0.15, 0.2) is 24.3 Å². The smallest absolute Gasteiger partial charge is 0.0326 e. The van der Waals surface area contributed by atoms with E-state index in [1.165, 1.54) is 36.8 Å². The van der Waals surface area contributed by atoms with Crippen LogP contribution in [0.1, 0.15) is 49.8 Å². The van der Waals surface area contributed by atoms with E-state index in [4.69, 9.17) is 5.73 Å². The first-order chi connectivity index (χ1) is 7.68. The van der Waals surface area contributed by atoms with E-state index in [-0.39, 0.29) is 18.4 Å². The molecule has 96 valence electrons. The van der Waals surface area contributed by atoms with Crippen molar-refractivity contribution in [1.29, 1.82) is 0 Å². The molecule has 2 rings (SSSR count). The van der Waals surface area contributed by atoms with Crippen molar-refractivity contribution in [2.75, 3.05) is 0 Å². The highest BCUT2D eigenvalue weighted by Gasteiger charge is 2.25. The molecule has 1 aliphatic rings. The molecule has 0 radical (unpaired) electrons. The van der Waals surface area contributed by atoms with Gasteiger partial charge in [-0.15, -0.1) is 12.4 Å². The van der Waals surface area contributed by atoms with Crippen LogP contribution in [0, 0.1) is 18.8 Å². The highest BCUT2D eigenvalue weighted by Crippen LogP contribution is 2.36. The molecular weight excluding hydrogens is 230 g/mol. The average Bonchev–Trinajstić information content (AvgIpc) is 2.30.